The normalized spacial score (nSPS) is 11.1. The predicted octanol–water partition coefficient (Wildman–Crippen LogP) is 3.53. The first-order valence-electron chi connectivity index (χ1n) is 8.34. The molecule has 0 unspecified atom stereocenters. The molecule has 0 bridgehead atoms. The highest BCUT2D eigenvalue weighted by Crippen LogP contribution is 2.20. The fourth-order valence-electron chi connectivity index (χ4n) is 2.67. The van der Waals surface area contributed by atoms with E-state index in [9.17, 15) is 4.39 Å². The van der Waals surface area contributed by atoms with Crippen molar-refractivity contribution < 1.29 is 9.13 Å². The van der Waals surface area contributed by atoms with E-state index >= 15 is 0 Å². The van der Waals surface area contributed by atoms with Gasteiger partial charge in [0.1, 0.15) is 18.2 Å². The van der Waals surface area contributed by atoms with Gasteiger partial charge >= 0.3 is 0 Å². The Hall–Kier alpha value is -3.07. The highest BCUT2D eigenvalue weighted by atomic mass is 32.1. The molecule has 0 aliphatic heterocycles. The molecule has 0 radical (unpaired) electrons. The Labute approximate surface area is 158 Å². The van der Waals surface area contributed by atoms with Gasteiger partial charge in [0, 0.05) is 23.5 Å². The second-order valence-electron chi connectivity index (χ2n) is 6.04. The van der Waals surface area contributed by atoms with Gasteiger partial charge < -0.3 is 10.1 Å². The van der Waals surface area contributed by atoms with Crippen LogP contribution in [0.15, 0.2) is 36.5 Å². The topological polar surface area (TPSA) is 77.2 Å². The first-order chi connectivity index (χ1) is 13.1. The van der Waals surface area contributed by atoms with Gasteiger partial charge in [-0.25, -0.2) is 13.9 Å². The third-order valence-electron chi connectivity index (χ3n) is 3.92. The molecule has 0 amide bonds. The zero-order valence-corrected chi connectivity index (χ0v) is 15.6. The number of ether oxygens (including phenoxy) is 1. The first kappa shape index (κ1) is 17.3. The molecule has 0 saturated heterocycles. The Kier molecular flexibility index (Phi) is 4.68. The standard InChI is InChI=1S/C18H17FN6OS/c1-11-7-12(2)25-17(22-11)13(9-21-25)8-20-18-24-23-16(27-18)10-26-15-5-3-14(19)4-6-15/h3-7,9H,8,10H2,1-2H3,(H,20,24). The van der Waals surface area contributed by atoms with Gasteiger partial charge in [-0.2, -0.15) is 5.10 Å². The van der Waals surface area contributed by atoms with Crippen molar-refractivity contribution in [3.8, 4) is 5.75 Å². The van der Waals surface area contributed by atoms with Crippen LogP contribution in [0.25, 0.3) is 5.65 Å². The molecule has 27 heavy (non-hydrogen) atoms. The van der Waals surface area contributed by atoms with Crippen molar-refractivity contribution >= 4 is 22.1 Å². The third kappa shape index (κ3) is 3.87. The number of anilines is 1. The number of benzene rings is 1. The van der Waals surface area contributed by atoms with Crippen molar-refractivity contribution in [3.05, 3.63) is 64.3 Å². The monoisotopic (exact) mass is 384 g/mol. The maximum atomic E-state index is 12.9. The fourth-order valence-corrected chi connectivity index (χ4v) is 3.32. The van der Waals surface area contributed by atoms with E-state index < -0.39 is 0 Å². The molecular weight excluding hydrogens is 367 g/mol. The lowest BCUT2D eigenvalue weighted by atomic mass is 10.3. The van der Waals surface area contributed by atoms with Gasteiger partial charge in [0.25, 0.3) is 0 Å². The van der Waals surface area contributed by atoms with Gasteiger partial charge in [0.15, 0.2) is 10.7 Å². The van der Waals surface area contributed by atoms with Gasteiger partial charge in [-0.05, 0) is 44.2 Å². The third-order valence-corrected chi connectivity index (χ3v) is 4.78. The second-order valence-corrected chi connectivity index (χ2v) is 7.10. The number of rotatable bonds is 6. The van der Waals surface area contributed by atoms with Crippen molar-refractivity contribution in [2.24, 2.45) is 0 Å². The fraction of sp³-hybridized carbons (Fsp3) is 0.222. The summed E-state index contributed by atoms with van der Waals surface area (Å²) < 4.78 is 20.3. The van der Waals surface area contributed by atoms with E-state index in [2.05, 4.69) is 25.6 Å². The quantitative estimate of drug-likeness (QED) is 0.548. The number of fused-ring (bicyclic) bond motifs is 1. The van der Waals surface area contributed by atoms with Crippen molar-refractivity contribution in [1.82, 2.24) is 24.8 Å². The maximum absolute atomic E-state index is 12.9. The largest absolute Gasteiger partial charge is 0.486 e. The summed E-state index contributed by atoms with van der Waals surface area (Å²) in [5, 5.41) is 17.3. The number of aryl methyl sites for hydroxylation is 2. The summed E-state index contributed by atoms with van der Waals surface area (Å²) in [6.45, 7) is 4.80. The van der Waals surface area contributed by atoms with Gasteiger partial charge in [-0.15, -0.1) is 10.2 Å². The molecule has 1 N–H and O–H groups in total. The molecule has 4 aromatic rings. The molecule has 0 aliphatic carbocycles. The van der Waals surface area contributed by atoms with Crippen LogP contribution in [0, 0.1) is 19.7 Å². The number of hydrogen-bond acceptors (Lipinski definition) is 7. The molecule has 0 saturated carbocycles. The summed E-state index contributed by atoms with van der Waals surface area (Å²) in [6, 6.07) is 7.87. The number of aromatic nitrogens is 5. The molecule has 9 heteroatoms. The molecule has 1 aromatic carbocycles. The van der Waals surface area contributed by atoms with E-state index in [0.29, 0.717) is 17.4 Å². The van der Waals surface area contributed by atoms with Crippen LogP contribution in [0.5, 0.6) is 5.75 Å². The highest BCUT2D eigenvalue weighted by molar-refractivity contribution is 7.15. The van der Waals surface area contributed by atoms with E-state index in [0.717, 1.165) is 27.6 Å². The molecule has 0 spiro atoms. The van der Waals surface area contributed by atoms with Crippen molar-refractivity contribution in [2.75, 3.05) is 5.32 Å². The minimum Gasteiger partial charge on any atom is -0.486 e. The maximum Gasteiger partial charge on any atom is 0.206 e. The Balaban J connectivity index is 1.39. The number of halogens is 1. The number of hydrogen-bond donors (Lipinski definition) is 1. The molecule has 3 aromatic heterocycles. The summed E-state index contributed by atoms with van der Waals surface area (Å²) in [4.78, 5) is 4.56. The van der Waals surface area contributed by atoms with Crippen molar-refractivity contribution in [2.45, 2.75) is 27.0 Å². The summed E-state index contributed by atoms with van der Waals surface area (Å²) >= 11 is 1.41. The van der Waals surface area contributed by atoms with Gasteiger partial charge in [-0.1, -0.05) is 11.3 Å². The Morgan fingerprint density at radius 2 is 2.00 bits per heavy atom. The summed E-state index contributed by atoms with van der Waals surface area (Å²) in [5.41, 5.74) is 3.82. The highest BCUT2D eigenvalue weighted by Gasteiger charge is 2.10. The molecule has 138 valence electrons. The molecule has 0 atom stereocenters. The van der Waals surface area contributed by atoms with Crippen LogP contribution in [0.2, 0.25) is 0 Å². The van der Waals surface area contributed by atoms with Crippen LogP contribution in [-0.2, 0) is 13.2 Å². The van der Waals surface area contributed by atoms with E-state index in [1.54, 1.807) is 18.3 Å². The minimum atomic E-state index is -0.294. The number of nitrogens with zero attached hydrogens (tertiary/aromatic N) is 5. The predicted molar refractivity (Wildman–Crippen MR) is 100 cm³/mol. The molecular formula is C18H17FN6OS. The summed E-state index contributed by atoms with van der Waals surface area (Å²) in [7, 11) is 0. The van der Waals surface area contributed by atoms with Crippen LogP contribution in [-0.4, -0.2) is 24.8 Å². The Morgan fingerprint density at radius 1 is 1.19 bits per heavy atom. The van der Waals surface area contributed by atoms with Gasteiger partial charge in [0.05, 0.1) is 6.20 Å². The van der Waals surface area contributed by atoms with Crippen LogP contribution < -0.4 is 10.1 Å². The summed E-state index contributed by atoms with van der Waals surface area (Å²) in [6.07, 6.45) is 1.81. The lowest BCUT2D eigenvalue weighted by molar-refractivity contribution is 0.304. The van der Waals surface area contributed by atoms with Crippen LogP contribution in [0.3, 0.4) is 0 Å². The van der Waals surface area contributed by atoms with Crippen LogP contribution in [0.4, 0.5) is 9.52 Å². The van der Waals surface area contributed by atoms with E-state index in [-0.39, 0.29) is 12.4 Å². The molecule has 4 rings (SSSR count). The average Bonchev–Trinajstić information content (AvgIpc) is 3.26. The van der Waals surface area contributed by atoms with E-state index in [1.807, 2.05) is 24.4 Å². The molecule has 0 aliphatic rings. The first-order valence-corrected chi connectivity index (χ1v) is 9.15. The zero-order valence-electron chi connectivity index (χ0n) is 14.8. The summed E-state index contributed by atoms with van der Waals surface area (Å²) in [5.74, 6) is 0.293. The zero-order chi connectivity index (χ0) is 18.8. The Bertz CT molecular complexity index is 1080. The SMILES string of the molecule is Cc1cc(C)n2ncc(CNc3nnc(COc4ccc(F)cc4)s3)c2n1. The number of nitrogens with one attached hydrogen (secondary N) is 1. The van der Waals surface area contributed by atoms with Gasteiger partial charge in [-0.3, -0.25) is 0 Å². The second kappa shape index (κ2) is 7.28. The molecule has 3 heterocycles. The Morgan fingerprint density at radius 3 is 2.81 bits per heavy atom. The average molecular weight is 384 g/mol. The lowest BCUT2D eigenvalue weighted by Gasteiger charge is -2.03. The van der Waals surface area contributed by atoms with E-state index in [1.165, 1.54) is 23.5 Å². The van der Waals surface area contributed by atoms with Crippen LogP contribution in [0.1, 0.15) is 22.0 Å². The van der Waals surface area contributed by atoms with Crippen molar-refractivity contribution in [1.29, 1.82) is 0 Å². The smallest absolute Gasteiger partial charge is 0.206 e. The lowest BCUT2D eigenvalue weighted by Crippen LogP contribution is -2.02. The molecule has 7 nitrogen and oxygen atoms in total. The van der Waals surface area contributed by atoms with Gasteiger partial charge in [0.2, 0.25) is 5.13 Å². The van der Waals surface area contributed by atoms with Crippen molar-refractivity contribution in [3.63, 3.8) is 0 Å². The molecule has 0 fully saturated rings. The minimum absolute atomic E-state index is 0.279. The van der Waals surface area contributed by atoms with Crippen LogP contribution >= 0.6 is 11.3 Å². The van der Waals surface area contributed by atoms with E-state index in [4.69, 9.17) is 4.74 Å².